The molecule has 156 valence electrons. The standard InChI is InChI=1S/C20H26N4O4S/c1-15(14-24(11-5-9-21)19(25)28-20(2,3)4)23-29(26,27)18-7-6-17-13-22-10-8-16(17)12-18/h6-8,10,12-13,15,23H,5,11,14H2,1-4H3. The van der Waals surface area contributed by atoms with Crippen LogP contribution in [0, 0.1) is 11.3 Å². The van der Waals surface area contributed by atoms with Gasteiger partial charge in [0.05, 0.1) is 17.4 Å². The lowest BCUT2D eigenvalue weighted by Crippen LogP contribution is -2.46. The molecule has 0 fully saturated rings. The first-order valence-electron chi connectivity index (χ1n) is 9.23. The highest BCUT2D eigenvalue weighted by Gasteiger charge is 2.25. The van der Waals surface area contributed by atoms with Gasteiger partial charge in [0.15, 0.2) is 0 Å². The van der Waals surface area contributed by atoms with E-state index < -0.39 is 27.8 Å². The number of hydrogen-bond acceptors (Lipinski definition) is 6. The molecule has 1 aromatic carbocycles. The molecule has 0 aliphatic carbocycles. The normalized spacial score (nSPS) is 12.9. The van der Waals surface area contributed by atoms with Gasteiger partial charge in [-0.05, 0) is 51.3 Å². The van der Waals surface area contributed by atoms with Gasteiger partial charge in [0, 0.05) is 36.9 Å². The highest BCUT2D eigenvalue weighted by atomic mass is 32.2. The third-order valence-electron chi connectivity index (χ3n) is 3.92. The van der Waals surface area contributed by atoms with Crippen LogP contribution in [0.15, 0.2) is 41.6 Å². The van der Waals surface area contributed by atoms with Gasteiger partial charge < -0.3 is 9.64 Å². The molecular formula is C20H26N4O4S. The van der Waals surface area contributed by atoms with E-state index in [1.165, 1.54) is 11.0 Å². The number of nitrogens with zero attached hydrogens (tertiary/aromatic N) is 3. The Labute approximate surface area is 171 Å². The fraction of sp³-hybridized carbons (Fsp3) is 0.450. The first-order chi connectivity index (χ1) is 13.5. The van der Waals surface area contributed by atoms with E-state index in [0.717, 1.165) is 10.8 Å². The average molecular weight is 419 g/mol. The number of ether oxygens (including phenoxy) is 1. The molecule has 2 rings (SSSR count). The lowest BCUT2D eigenvalue weighted by atomic mass is 10.2. The summed E-state index contributed by atoms with van der Waals surface area (Å²) in [5.41, 5.74) is -0.690. The van der Waals surface area contributed by atoms with E-state index in [0.29, 0.717) is 0 Å². The van der Waals surface area contributed by atoms with Crippen LogP contribution >= 0.6 is 0 Å². The molecule has 0 saturated carbocycles. The number of rotatable bonds is 7. The van der Waals surface area contributed by atoms with Crippen LogP contribution in [-0.4, -0.2) is 49.1 Å². The summed E-state index contributed by atoms with van der Waals surface area (Å²) in [6.07, 6.45) is 2.80. The molecule has 1 amide bonds. The van der Waals surface area contributed by atoms with Gasteiger partial charge in [-0.15, -0.1) is 0 Å². The van der Waals surface area contributed by atoms with Crippen LogP contribution in [0.4, 0.5) is 4.79 Å². The average Bonchev–Trinajstić information content (AvgIpc) is 2.62. The molecule has 9 heteroatoms. The van der Waals surface area contributed by atoms with Crippen molar-refractivity contribution in [1.29, 1.82) is 5.26 Å². The first kappa shape index (κ1) is 22.6. The number of carbonyl (C=O) groups is 1. The highest BCUT2D eigenvalue weighted by Crippen LogP contribution is 2.18. The fourth-order valence-electron chi connectivity index (χ4n) is 2.70. The summed E-state index contributed by atoms with van der Waals surface area (Å²) in [6, 6.07) is 7.93. The molecule has 8 nitrogen and oxygen atoms in total. The molecule has 0 bridgehead atoms. The molecule has 1 heterocycles. The van der Waals surface area contributed by atoms with Gasteiger partial charge in [0.25, 0.3) is 0 Å². The number of aromatic nitrogens is 1. The molecule has 0 saturated heterocycles. The van der Waals surface area contributed by atoms with Gasteiger partial charge in [-0.1, -0.05) is 6.07 Å². The van der Waals surface area contributed by atoms with Crippen LogP contribution in [0.5, 0.6) is 0 Å². The molecule has 0 aliphatic rings. The molecule has 0 spiro atoms. The Bertz CT molecular complexity index is 1010. The van der Waals surface area contributed by atoms with Gasteiger partial charge >= 0.3 is 6.09 Å². The summed E-state index contributed by atoms with van der Waals surface area (Å²) >= 11 is 0. The number of sulfonamides is 1. The third-order valence-corrected chi connectivity index (χ3v) is 5.51. The Balaban J connectivity index is 2.13. The van der Waals surface area contributed by atoms with Crippen molar-refractivity contribution in [3.63, 3.8) is 0 Å². The number of nitrogens with one attached hydrogen (secondary N) is 1. The van der Waals surface area contributed by atoms with Gasteiger partial charge in [0.1, 0.15) is 5.60 Å². The molecule has 1 N–H and O–H groups in total. The Morgan fingerprint density at radius 3 is 2.69 bits per heavy atom. The van der Waals surface area contributed by atoms with E-state index >= 15 is 0 Å². The maximum Gasteiger partial charge on any atom is 0.410 e. The van der Waals surface area contributed by atoms with Crippen LogP contribution in [0.3, 0.4) is 0 Å². The summed E-state index contributed by atoms with van der Waals surface area (Å²) in [5, 5.41) is 10.4. The maximum absolute atomic E-state index is 12.8. The predicted molar refractivity (Wildman–Crippen MR) is 110 cm³/mol. The largest absolute Gasteiger partial charge is 0.444 e. The zero-order valence-electron chi connectivity index (χ0n) is 17.0. The minimum absolute atomic E-state index is 0.0767. The lowest BCUT2D eigenvalue weighted by Gasteiger charge is -2.29. The summed E-state index contributed by atoms with van der Waals surface area (Å²) < 4.78 is 33.5. The zero-order valence-corrected chi connectivity index (χ0v) is 17.9. The van der Waals surface area contributed by atoms with E-state index in [1.54, 1.807) is 58.3 Å². The number of pyridine rings is 1. The highest BCUT2D eigenvalue weighted by molar-refractivity contribution is 7.89. The smallest absolute Gasteiger partial charge is 0.410 e. The van der Waals surface area contributed by atoms with E-state index in [-0.39, 0.29) is 24.4 Å². The summed E-state index contributed by atoms with van der Waals surface area (Å²) in [7, 11) is -3.79. The van der Waals surface area contributed by atoms with E-state index in [2.05, 4.69) is 9.71 Å². The monoisotopic (exact) mass is 418 g/mol. The minimum atomic E-state index is -3.79. The molecule has 0 aliphatic heterocycles. The van der Waals surface area contributed by atoms with Crippen molar-refractivity contribution in [1.82, 2.24) is 14.6 Å². The lowest BCUT2D eigenvalue weighted by molar-refractivity contribution is 0.0243. The Morgan fingerprint density at radius 2 is 2.03 bits per heavy atom. The SMILES string of the molecule is CC(CN(CCC#N)C(=O)OC(C)(C)C)NS(=O)(=O)c1ccc2cnccc2c1. The van der Waals surface area contributed by atoms with Crippen LogP contribution in [0.25, 0.3) is 10.8 Å². The molecule has 0 radical (unpaired) electrons. The molecule has 29 heavy (non-hydrogen) atoms. The number of nitriles is 1. The van der Waals surface area contributed by atoms with Crippen molar-refractivity contribution >= 4 is 26.9 Å². The van der Waals surface area contributed by atoms with Crippen LogP contribution in [0.2, 0.25) is 0 Å². The molecular weight excluding hydrogens is 392 g/mol. The zero-order chi connectivity index (χ0) is 21.7. The minimum Gasteiger partial charge on any atom is -0.444 e. The van der Waals surface area contributed by atoms with Gasteiger partial charge in [-0.25, -0.2) is 17.9 Å². The number of hydrogen-bond donors (Lipinski definition) is 1. The quantitative estimate of drug-likeness (QED) is 0.739. The summed E-state index contributed by atoms with van der Waals surface area (Å²) in [5.74, 6) is 0. The second-order valence-electron chi connectivity index (χ2n) is 7.74. The van der Waals surface area contributed by atoms with Crippen LogP contribution in [-0.2, 0) is 14.8 Å². The predicted octanol–water partition coefficient (Wildman–Crippen LogP) is 3.05. The van der Waals surface area contributed by atoms with Crippen molar-refractivity contribution in [2.24, 2.45) is 0 Å². The van der Waals surface area contributed by atoms with E-state index in [1.807, 2.05) is 6.07 Å². The Hall–Kier alpha value is -2.70. The van der Waals surface area contributed by atoms with Crippen LogP contribution in [0.1, 0.15) is 34.1 Å². The van der Waals surface area contributed by atoms with Gasteiger partial charge in [-0.2, -0.15) is 5.26 Å². The van der Waals surface area contributed by atoms with Gasteiger partial charge in [0.2, 0.25) is 10.0 Å². The Morgan fingerprint density at radius 1 is 1.31 bits per heavy atom. The topological polar surface area (TPSA) is 112 Å². The molecule has 1 unspecified atom stereocenters. The summed E-state index contributed by atoms with van der Waals surface area (Å²) in [4.78, 5) is 17.9. The van der Waals surface area contributed by atoms with Crippen LogP contribution < -0.4 is 4.72 Å². The Kier molecular flexibility index (Phi) is 7.16. The van der Waals surface area contributed by atoms with Crippen molar-refractivity contribution in [2.75, 3.05) is 13.1 Å². The molecule has 1 aromatic heterocycles. The van der Waals surface area contributed by atoms with Crippen molar-refractivity contribution in [3.05, 3.63) is 36.7 Å². The number of fused-ring (bicyclic) bond motifs is 1. The van der Waals surface area contributed by atoms with Gasteiger partial charge in [-0.3, -0.25) is 4.98 Å². The number of carbonyl (C=O) groups excluding carboxylic acids is 1. The number of benzene rings is 1. The fourth-order valence-corrected chi connectivity index (χ4v) is 3.97. The third kappa shape index (κ3) is 6.69. The molecule has 1 atom stereocenters. The van der Waals surface area contributed by atoms with Crippen molar-refractivity contribution in [2.45, 2.75) is 50.7 Å². The maximum atomic E-state index is 12.8. The number of amides is 1. The van der Waals surface area contributed by atoms with E-state index in [9.17, 15) is 13.2 Å². The second-order valence-corrected chi connectivity index (χ2v) is 9.46. The second kappa shape index (κ2) is 9.20. The molecule has 2 aromatic rings. The van der Waals surface area contributed by atoms with Crippen molar-refractivity contribution < 1.29 is 17.9 Å². The van der Waals surface area contributed by atoms with Crippen molar-refractivity contribution in [3.8, 4) is 6.07 Å². The first-order valence-corrected chi connectivity index (χ1v) is 10.7. The summed E-state index contributed by atoms with van der Waals surface area (Å²) in [6.45, 7) is 7.12. The van der Waals surface area contributed by atoms with E-state index in [4.69, 9.17) is 10.00 Å².